The molecule has 2 N–H and O–H groups in total. The number of hydrogen-bond acceptors (Lipinski definition) is 2. The van der Waals surface area contributed by atoms with Gasteiger partial charge in [-0.15, -0.1) is 0 Å². The minimum atomic E-state index is 0.900. The van der Waals surface area contributed by atoms with Crippen LogP contribution in [0.4, 0.5) is 11.4 Å². The van der Waals surface area contributed by atoms with E-state index in [9.17, 15) is 0 Å². The smallest absolute Gasteiger partial charge is 0.0653 e. The van der Waals surface area contributed by atoms with Crippen LogP contribution in [0.25, 0.3) is 0 Å². The number of hydrogen-bond donors (Lipinski definition) is 2. The van der Waals surface area contributed by atoms with Crippen LogP contribution < -0.4 is 10.6 Å². The minimum Gasteiger partial charge on any atom is -0.381 e. The van der Waals surface area contributed by atoms with Gasteiger partial charge in [-0.05, 0) is 12.1 Å². The van der Waals surface area contributed by atoms with E-state index >= 15 is 0 Å². The Hall–Kier alpha value is -1.18. The maximum atomic E-state index is 3.24. The zero-order chi connectivity index (χ0) is 6.81. The standard InChI is InChI=1S/C8H9N2/c1-2-4-8-7(3-1)9-5-6-10-8/h1-5,9-10H,6H2. The van der Waals surface area contributed by atoms with Crippen molar-refractivity contribution in [1.82, 2.24) is 0 Å². The SMILES string of the molecule is [CH]1CNc2ccccc2N1. The lowest BCUT2D eigenvalue weighted by molar-refractivity contribution is 1.17. The van der Waals surface area contributed by atoms with Gasteiger partial charge in [-0.3, -0.25) is 0 Å². The molecule has 0 saturated heterocycles. The van der Waals surface area contributed by atoms with Gasteiger partial charge in [-0.25, -0.2) is 0 Å². The molecule has 1 radical (unpaired) electrons. The Morgan fingerprint density at radius 1 is 1.10 bits per heavy atom. The van der Waals surface area contributed by atoms with Gasteiger partial charge < -0.3 is 10.6 Å². The highest BCUT2D eigenvalue weighted by atomic mass is 15.0. The molecule has 1 aliphatic heterocycles. The van der Waals surface area contributed by atoms with E-state index in [0.29, 0.717) is 0 Å². The first kappa shape index (κ1) is 5.59. The summed E-state index contributed by atoms with van der Waals surface area (Å²) in [7, 11) is 0. The number of anilines is 2. The van der Waals surface area contributed by atoms with E-state index in [-0.39, 0.29) is 0 Å². The van der Waals surface area contributed by atoms with Gasteiger partial charge in [0.15, 0.2) is 0 Å². The van der Waals surface area contributed by atoms with Crippen LogP contribution in [0.1, 0.15) is 0 Å². The first-order chi connectivity index (χ1) is 4.97. The van der Waals surface area contributed by atoms with Crippen molar-refractivity contribution in [3.8, 4) is 0 Å². The van der Waals surface area contributed by atoms with Crippen LogP contribution in [0.15, 0.2) is 24.3 Å². The molecule has 0 aromatic heterocycles. The van der Waals surface area contributed by atoms with Gasteiger partial charge in [0.2, 0.25) is 0 Å². The maximum absolute atomic E-state index is 3.24. The quantitative estimate of drug-likeness (QED) is 0.562. The van der Waals surface area contributed by atoms with Crippen LogP contribution >= 0.6 is 0 Å². The summed E-state index contributed by atoms with van der Waals surface area (Å²) in [6, 6.07) is 8.17. The van der Waals surface area contributed by atoms with Crippen LogP contribution in [0.3, 0.4) is 0 Å². The second kappa shape index (κ2) is 2.21. The summed E-state index contributed by atoms with van der Waals surface area (Å²) in [5.41, 5.74) is 2.35. The summed E-state index contributed by atoms with van der Waals surface area (Å²) < 4.78 is 0. The van der Waals surface area contributed by atoms with E-state index in [1.54, 1.807) is 0 Å². The second-order valence-electron chi connectivity index (χ2n) is 2.27. The minimum absolute atomic E-state index is 0.900. The molecular formula is C8H9N2. The first-order valence-electron chi connectivity index (χ1n) is 3.38. The third-order valence-electron chi connectivity index (χ3n) is 1.58. The Morgan fingerprint density at radius 3 is 2.70 bits per heavy atom. The lowest BCUT2D eigenvalue weighted by Gasteiger charge is -2.18. The van der Waals surface area contributed by atoms with Gasteiger partial charge in [0.05, 0.1) is 17.9 Å². The average Bonchev–Trinajstić information content (AvgIpc) is 2.05. The van der Waals surface area contributed by atoms with Gasteiger partial charge in [0.25, 0.3) is 0 Å². The fourth-order valence-corrected chi connectivity index (χ4v) is 1.09. The van der Waals surface area contributed by atoms with Crippen LogP contribution in [0.2, 0.25) is 0 Å². The summed E-state index contributed by atoms with van der Waals surface area (Å²) in [5, 5.41) is 6.42. The van der Waals surface area contributed by atoms with E-state index in [0.717, 1.165) is 12.2 Å². The molecule has 2 rings (SSSR count). The second-order valence-corrected chi connectivity index (χ2v) is 2.27. The van der Waals surface area contributed by atoms with E-state index in [4.69, 9.17) is 0 Å². The molecule has 51 valence electrons. The molecule has 2 heteroatoms. The zero-order valence-corrected chi connectivity index (χ0v) is 5.59. The number of rotatable bonds is 0. The molecule has 2 nitrogen and oxygen atoms in total. The molecule has 0 amide bonds. The highest BCUT2D eigenvalue weighted by Gasteiger charge is 2.03. The van der Waals surface area contributed by atoms with Crippen LogP contribution in [-0.2, 0) is 0 Å². The Morgan fingerprint density at radius 2 is 1.90 bits per heavy atom. The van der Waals surface area contributed by atoms with Gasteiger partial charge in [0, 0.05) is 6.54 Å². The lowest BCUT2D eigenvalue weighted by Crippen LogP contribution is -2.15. The molecule has 1 aromatic rings. The molecule has 10 heavy (non-hydrogen) atoms. The van der Waals surface area contributed by atoms with E-state index in [1.165, 1.54) is 5.69 Å². The molecule has 0 fully saturated rings. The van der Waals surface area contributed by atoms with Gasteiger partial charge in [-0.1, -0.05) is 12.1 Å². The Labute approximate surface area is 60.3 Å². The van der Waals surface area contributed by atoms with Crippen molar-refractivity contribution in [3.63, 3.8) is 0 Å². The predicted octanol–water partition coefficient (Wildman–Crippen LogP) is 1.69. The normalized spacial score (nSPS) is 14.8. The average molecular weight is 133 g/mol. The molecule has 1 aliphatic rings. The lowest BCUT2D eigenvalue weighted by atomic mass is 10.2. The van der Waals surface area contributed by atoms with Crippen molar-refractivity contribution >= 4 is 11.4 Å². The molecule has 0 bridgehead atoms. The number of para-hydroxylation sites is 2. The van der Waals surface area contributed by atoms with Crippen LogP contribution in [0, 0.1) is 6.54 Å². The largest absolute Gasteiger partial charge is 0.381 e. The molecule has 0 unspecified atom stereocenters. The summed E-state index contributed by atoms with van der Waals surface area (Å²) in [5.74, 6) is 0. The highest BCUT2D eigenvalue weighted by Crippen LogP contribution is 2.23. The Balaban J connectivity index is 2.41. The van der Waals surface area contributed by atoms with E-state index in [1.807, 2.05) is 18.7 Å². The van der Waals surface area contributed by atoms with Crippen LogP contribution in [0.5, 0.6) is 0 Å². The van der Waals surface area contributed by atoms with E-state index < -0.39 is 0 Å². The van der Waals surface area contributed by atoms with Crippen molar-refractivity contribution in [3.05, 3.63) is 30.8 Å². The summed E-state index contributed by atoms with van der Waals surface area (Å²) in [4.78, 5) is 0. The monoisotopic (exact) mass is 133 g/mol. The van der Waals surface area contributed by atoms with Gasteiger partial charge >= 0.3 is 0 Å². The molecule has 1 heterocycles. The summed E-state index contributed by atoms with van der Waals surface area (Å²) in [6.07, 6.45) is 0. The third-order valence-corrected chi connectivity index (χ3v) is 1.58. The van der Waals surface area contributed by atoms with Crippen molar-refractivity contribution in [2.24, 2.45) is 0 Å². The van der Waals surface area contributed by atoms with Crippen molar-refractivity contribution in [2.75, 3.05) is 17.2 Å². The molecule has 0 spiro atoms. The zero-order valence-electron chi connectivity index (χ0n) is 5.59. The van der Waals surface area contributed by atoms with Crippen molar-refractivity contribution in [2.45, 2.75) is 0 Å². The molecule has 0 atom stereocenters. The van der Waals surface area contributed by atoms with Crippen molar-refractivity contribution in [1.29, 1.82) is 0 Å². The van der Waals surface area contributed by atoms with E-state index in [2.05, 4.69) is 22.8 Å². The van der Waals surface area contributed by atoms with Crippen molar-refractivity contribution < 1.29 is 0 Å². The fourth-order valence-electron chi connectivity index (χ4n) is 1.09. The molecule has 0 aliphatic carbocycles. The van der Waals surface area contributed by atoms with Gasteiger partial charge in [0.1, 0.15) is 0 Å². The third kappa shape index (κ3) is 0.817. The molecular weight excluding hydrogens is 124 g/mol. The Kier molecular flexibility index (Phi) is 1.24. The highest BCUT2D eigenvalue weighted by molar-refractivity contribution is 5.71. The van der Waals surface area contributed by atoms with Crippen LogP contribution in [-0.4, -0.2) is 6.54 Å². The fraction of sp³-hybridized carbons (Fsp3) is 0.125. The number of benzene rings is 1. The number of fused-ring (bicyclic) bond motifs is 1. The topological polar surface area (TPSA) is 24.1 Å². The maximum Gasteiger partial charge on any atom is 0.0653 e. The molecule has 1 aromatic carbocycles. The summed E-state index contributed by atoms with van der Waals surface area (Å²) >= 11 is 0. The Bertz CT molecular complexity index is 207. The molecule has 0 saturated carbocycles. The van der Waals surface area contributed by atoms with Gasteiger partial charge in [-0.2, -0.15) is 0 Å². The first-order valence-corrected chi connectivity index (χ1v) is 3.38. The number of nitrogens with one attached hydrogen (secondary N) is 2. The summed E-state index contributed by atoms with van der Waals surface area (Å²) in [6.45, 7) is 2.90. The predicted molar refractivity (Wildman–Crippen MR) is 42.9 cm³/mol.